The third kappa shape index (κ3) is 5.91. The Hall–Kier alpha value is -1.65. The van der Waals surface area contributed by atoms with Crippen molar-refractivity contribution in [1.82, 2.24) is 5.32 Å². The molecule has 3 rings (SSSR count). The molecule has 3 aromatic carbocycles. The van der Waals surface area contributed by atoms with E-state index in [0.29, 0.717) is 22.2 Å². The minimum absolute atomic E-state index is 0.141. The lowest BCUT2D eigenvalue weighted by molar-refractivity contribution is 0.0951. The number of hydrogen-bond donors (Lipinski definition) is 1. The number of hydrogen-bond acceptors (Lipinski definition) is 2. The van der Waals surface area contributed by atoms with Crippen LogP contribution in [-0.2, 0) is 12.3 Å². The first-order valence-electron chi connectivity index (χ1n) is 8.21. The molecular weight excluding hydrogens is 421 g/mol. The second-order valence-corrected chi connectivity index (χ2v) is 8.19. The highest BCUT2D eigenvalue weighted by Gasteiger charge is 2.07. The van der Waals surface area contributed by atoms with Crippen LogP contribution in [-0.4, -0.2) is 5.91 Å². The summed E-state index contributed by atoms with van der Waals surface area (Å²) >= 11 is 19.6. The number of carbonyl (C=O) groups excluding carboxylic acids is 1. The van der Waals surface area contributed by atoms with E-state index in [2.05, 4.69) is 5.32 Å². The molecule has 0 spiro atoms. The maximum absolute atomic E-state index is 12.3. The maximum atomic E-state index is 12.3. The lowest BCUT2D eigenvalue weighted by Gasteiger charge is -2.08. The third-order valence-corrected chi connectivity index (χ3v) is 5.81. The van der Waals surface area contributed by atoms with Gasteiger partial charge in [-0.05, 0) is 59.7 Å². The molecule has 0 unspecified atom stereocenters. The highest BCUT2D eigenvalue weighted by molar-refractivity contribution is 7.98. The van der Waals surface area contributed by atoms with Gasteiger partial charge in [-0.15, -0.1) is 11.8 Å². The van der Waals surface area contributed by atoms with Gasteiger partial charge in [-0.1, -0.05) is 53.0 Å². The number of nitrogens with one attached hydrogen (secondary N) is 1. The van der Waals surface area contributed by atoms with Gasteiger partial charge in [0.15, 0.2) is 0 Å². The van der Waals surface area contributed by atoms with Crippen molar-refractivity contribution < 1.29 is 4.79 Å². The van der Waals surface area contributed by atoms with E-state index in [1.165, 1.54) is 0 Å². The fourth-order valence-electron chi connectivity index (χ4n) is 2.39. The van der Waals surface area contributed by atoms with Crippen LogP contribution in [0.25, 0.3) is 0 Å². The quantitative estimate of drug-likeness (QED) is 0.427. The minimum Gasteiger partial charge on any atom is -0.348 e. The summed E-state index contributed by atoms with van der Waals surface area (Å²) in [5, 5.41) is 4.72. The second-order valence-electron chi connectivity index (χ2n) is 5.86. The zero-order valence-electron chi connectivity index (χ0n) is 14.2. The van der Waals surface area contributed by atoms with Gasteiger partial charge in [-0.2, -0.15) is 0 Å². The summed E-state index contributed by atoms with van der Waals surface area (Å²) in [7, 11) is 0. The van der Waals surface area contributed by atoms with Crippen molar-refractivity contribution in [3.8, 4) is 0 Å². The molecule has 0 radical (unpaired) electrons. The lowest BCUT2D eigenvalue weighted by Crippen LogP contribution is -2.22. The predicted octanol–water partition coefficient (Wildman–Crippen LogP) is 6.87. The van der Waals surface area contributed by atoms with Crippen LogP contribution in [0, 0.1) is 0 Å². The fraction of sp³-hybridized carbons (Fsp3) is 0.0952. The molecular formula is C21H16Cl3NOS. The zero-order valence-corrected chi connectivity index (χ0v) is 17.3. The molecule has 0 heterocycles. The van der Waals surface area contributed by atoms with E-state index >= 15 is 0 Å². The second kappa shape index (κ2) is 9.52. The van der Waals surface area contributed by atoms with Crippen LogP contribution >= 0.6 is 46.6 Å². The van der Waals surface area contributed by atoms with E-state index in [0.717, 1.165) is 26.8 Å². The average molecular weight is 437 g/mol. The van der Waals surface area contributed by atoms with E-state index in [1.54, 1.807) is 23.9 Å². The summed E-state index contributed by atoms with van der Waals surface area (Å²) in [6, 6.07) is 20.6. The van der Waals surface area contributed by atoms with Gasteiger partial charge in [0.1, 0.15) is 0 Å². The molecule has 0 aliphatic rings. The van der Waals surface area contributed by atoms with Crippen LogP contribution in [0.5, 0.6) is 0 Å². The van der Waals surface area contributed by atoms with Crippen molar-refractivity contribution in [2.45, 2.75) is 17.2 Å². The monoisotopic (exact) mass is 435 g/mol. The molecule has 1 amide bonds. The molecule has 0 aliphatic carbocycles. The highest BCUT2D eigenvalue weighted by Crippen LogP contribution is 2.24. The molecule has 0 aliphatic heterocycles. The molecule has 0 saturated heterocycles. The van der Waals surface area contributed by atoms with Gasteiger partial charge in [0.2, 0.25) is 0 Å². The Labute approximate surface area is 177 Å². The molecule has 0 saturated carbocycles. The standard InChI is InChI=1S/C21H16Cl3NOS/c22-17-7-9-19(10-8-17)27-13-14-1-3-15(4-2-14)21(26)25-12-16-5-6-18(23)11-20(16)24/h1-11H,12-13H2,(H,25,26). The average Bonchev–Trinajstić information content (AvgIpc) is 2.67. The van der Waals surface area contributed by atoms with Gasteiger partial charge in [0.05, 0.1) is 0 Å². The largest absolute Gasteiger partial charge is 0.348 e. The van der Waals surface area contributed by atoms with Gasteiger partial charge in [0, 0.05) is 37.8 Å². The number of halogens is 3. The maximum Gasteiger partial charge on any atom is 0.251 e. The summed E-state index contributed by atoms with van der Waals surface area (Å²) in [5.74, 6) is 0.683. The van der Waals surface area contributed by atoms with Crippen LogP contribution in [0.3, 0.4) is 0 Å². The van der Waals surface area contributed by atoms with Crippen molar-refractivity contribution in [3.05, 3.63) is 98.5 Å². The van der Waals surface area contributed by atoms with Crippen molar-refractivity contribution >= 4 is 52.5 Å². The highest BCUT2D eigenvalue weighted by atomic mass is 35.5. The Morgan fingerprint density at radius 2 is 1.52 bits per heavy atom. The molecule has 0 fully saturated rings. The Bertz CT molecular complexity index is 927. The van der Waals surface area contributed by atoms with E-state index < -0.39 is 0 Å². The Balaban J connectivity index is 1.54. The number of thioether (sulfide) groups is 1. The number of benzene rings is 3. The third-order valence-electron chi connectivity index (χ3n) is 3.89. The Morgan fingerprint density at radius 1 is 0.852 bits per heavy atom. The molecule has 1 N–H and O–H groups in total. The summed E-state index contributed by atoms with van der Waals surface area (Å²) in [4.78, 5) is 13.5. The van der Waals surface area contributed by atoms with Crippen molar-refractivity contribution in [1.29, 1.82) is 0 Å². The topological polar surface area (TPSA) is 29.1 Å². The first-order chi connectivity index (χ1) is 13.0. The van der Waals surface area contributed by atoms with E-state index in [4.69, 9.17) is 34.8 Å². The minimum atomic E-state index is -0.141. The number of carbonyl (C=O) groups is 1. The van der Waals surface area contributed by atoms with E-state index in [9.17, 15) is 4.79 Å². The van der Waals surface area contributed by atoms with E-state index in [-0.39, 0.29) is 5.91 Å². The van der Waals surface area contributed by atoms with E-state index in [1.807, 2.05) is 54.6 Å². The first kappa shape index (κ1) is 20.1. The normalized spacial score (nSPS) is 10.6. The molecule has 6 heteroatoms. The van der Waals surface area contributed by atoms with Crippen LogP contribution < -0.4 is 5.32 Å². The number of rotatable bonds is 6. The van der Waals surface area contributed by atoms with Crippen LogP contribution in [0.1, 0.15) is 21.5 Å². The summed E-state index contributed by atoms with van der Waals surface area (Å²) in [5.41, 5.74) is 2.58. The SMILES string of the molecule is O=C(NCc1ccc(Cl)cc1Cl)c1ccc(CSc2ccc(Cl)cc2)cc1. The zero-order chi connectivity index (χ0) is 19.2. The van der Waals surface area contributed by atoms with Gasteiger partial charge < -0.3 is 5.32 Å². The molecule has 3 aromatic rings. The predicted molar refractivity (Wildman–Crippen MR) is 115 cm³/mol. The lowest BCUT2D eigenvalue weighted by atomic mass is 10.1. The summed E-state index contributed by atoms with van der Waals surface area (Å²) in [6.07, 6.45) is 0. The molecule has 0 atom stereocenters. The van der Waals surface area contributed by atoms with Crippen LogP contribution in [0.2, 0.25) is 15.1 Å². The Morgan fingerprint density at radius 3 is 2.19 bits per heavy atom. The first-order valence-corrected chi connectivity index (χ1v) is 10.3. The smallest absolute Gasteiger partial charge is 0.251 e. The van der Waals surface area contributed by atoms with Crippen LogP contribution in [0.15, 0.2) is 71.6 Å². The molecule has 2 nitrogen and oxygen atoms in total. The summed E-state index contributed by atoms with van der Waals surface area (Å²) < 4.78 is 0. The van der Waals surface area contributed by atoms with Crippen molar-refractivity contribution in [2.75, 3.05) is 0 Å². The Kier molecular flexibility index (Phi) is 7.08. The number of amides is 1. The fourth-order valence-corrected chi connectivity index (χ4v) is 3.85. The molecule has 138 valence electrons. The molecule has 0 aromatic heterocycles. The summed E-state index contributed by atoms with van der Waals surface area (Å²) in [6.45, 7) is 0.350. The van der Waals surface area contributed by atoms with Crippen molar-refractivity contribution in [2.24, 2.45) is 0 Å². The van der Waals surface area contributed by atoms with Gasteiger partial charge in [0.25, 0.3) is 5.91 Å². The van der Waals surface area contributed by atoms with Gasteiger partial charge in [-0.3, -0.25) is 4.79 Å². The molecule has 27 heavy (non-hydrogen) atoms. The van der Waals surface area contributed by atoms with Gasteiger partial charge in [-0.25, -0.2) is 0 Å². The molecule has 0 bridgehead atoms. The van der Waals surface area contributed by atoms with Gasteiger partial charge >= 0.3 is 0 Å². The van der Waals surface area contributed by atoms with Crippen molar-refractivity contribution in [3.63, 3.8) is 0 Å². The van der Waals surface area contributed by atoms with Crippen LogP contribution in [0.4, 0.5) is 0 Å².